The van der Waals surface area contributed by atoms with Crippen LogP contribution < -0.4 is 14.8 Å². The lowest BCUT2D eigenvalue weighted by molar-refractivity contribution is -0.275. The van der Waals surface area contributed by atoms with Crippen molar-refractivity contribution in [2.45, 2.75) is 19.3 Å². The van der Waals surface area contributed by atoms with Gasteiger partial charge in [-0.25, -0.2) is 0 Å². The van der Waals surface area contributed by atoms with Gasteiger partial charge in [0, 0.05) is 16.7 Å². The maximum Gasteiger partial charge on any atom is 0.573 e. The minimum Gasteiger partial charge on any atom is -0.406 e. The highest BCUT2D eigenvalue weighted by Gasteiger charge is 2.31. The predicted octanol–water partition coefficient (Wildman–Crippen LogP) is 5.83. The fourth-order valence-corrected chi connectivity index (χ4v) is 3.89. The second kappa shape index (κ2) is 11.2. The summed E-state index contributed by atoms with van der Waals surface area (Å²) in [6.45, 7) is 0.179. The van der Waals surface area contributed by atoms with Crippen LogP contribution in [0.1, 0.15) is 15.9 Å². The molecule has 2 heterocycles. The van der Waals surface area contributed by atoms with E-state index in [9.17, 15) is 31.1 Å². The van der Waals surface area contributed by atoms with Crippen LogP contribution in [0.15, 0.2) is 78.9 Å². The smallest absolute Gasteiger partial charge is 0.406 e. The summed E-state index contributed by atoms with van der Waals surface area (Å²) in [7, 11) is 0. The first-order chi connectivity index (χ1) is 19.9. The highest BCUT2D eigenvalue weighted by atomic mass is 19.4. The lowest BCUT2D eigenvalue weighted by atomic mass is 10.1. The number of halogens is 6. The normalized spacial score (nSPS) is 11.8. The molecule has 2 N–H and O–H groups in total. The Hall–Kier alpha value is -5.41. The highest BCUT2D eigenvalue weighted by Crippen LogP contribution is 2.31. The van der Waals surface area contributed by atoms with Crippen molar-refractivity contribution in [1.29, 1.82) is 0 Å². The number of amides is 1. The van der Waals surface area contributed by atoms with Gasteiger partial charge in [0.1, 0.15) is 11.5 Å². The van der Waals surface area contributed by atoms with E-state index in [-0.39, 0.29) is 12.5 Å². The lowest BCUT2D eigenvalue weighted by Crippen LogP contribution is -2.17. The number of nitrogens with zero attached hydrogens (tertiary/aromatic N) is 5. The van der Waals surface area contributed by atoms with Crippen LogP contribution in [0.5, 0.6) is 11.5 Å². The van der Waals surface area contributed by atoms with Gasteiger partial charge >= 0.3 is 12.7 Å². The van der Waals surface area contributed by atoms with Crippen LogP contribution >= 0.6 is 0 Å². The topological polar surface area (TPSA) is 120 Å². The van der Waals surface area contributed by atoms with Gasteiger partial charge in [0.15, 0.2) is 0 Å². The van der Waals surface area contributed by atoms with E-state index in [0.717, 1.165) is 24.3 Å². The second-order valence-electron chi connectivity index (χ2n) is 8.60. The number of aromatic amines is 1. The molecule has 0 atom stereocenters. The van der Waals surface area contributed by atoms with Crippen molar-refractivity contribution < 1.29 is 40.6 Å². The Morgan fingerprint density at radius 2 is 1.38 bits per heavy atom. The molecule has 0 aliphatic rings. The first kappa shape index (κ1) is 28.1. The van der Waals surface area contributed by atoms with Crippen LogP contribution in [0, 0.1) is 0 Å². The Kier molecular flexibility index (Phi) is 7.52. The van der Waals surface area contributed by atoms with Gasteiger partial charge in [-0.15, -0.1) is 31.4 Å². The number of rotatable bonds is 8. The summed E-state index contributed by atoms with van der Waals surface area (Å²) in [6.07, 6.45) is -9.70. The number of alkyl halides is 6. The van der Waals surface area contributed by atoms with Gasteiger partial charge in [0.05, 0.1) is 17.9 Å². The average Bonchev–Trinajstić information content (AvgIpc) is 3.58. The molecule has 216 valence electrons. The standard InChI is InChI=1S/C26H17F6N7O3/c27-25(28,29)41-19-9-5-16(6-10-19)21-13-22(17-7-11-20(12-8-17)42-26(30,31)32)39(36-21)14-15-1-3-18(4-2-15)23(40)33-24-34-37-38-35-24/h1-13H,14H2,(H2,33,34,35,37,38,40). The van der Waals surface area contributed by atoms with Gasteiger partial charge in [-0.05, 0) is 77.5 Å². The van der Waals surface area contributed by atoms with Gasteiger partial charge < -0.3 is 9.47 Å². The first-order valence-electron chi connectivity index (χ1n) is 11.9. The molecule has 5 aromatic rings. The van der Waals surface area contributed by atoms with E-state index in [1.807, 2.05) is 0 Å². The van der Waals surface area contributed by atoms with E-state index in [1.165, 1.54) is 24.3 Å². The molecule has 0 bridgehead atoms. The van der Waals surface area contributed by atoms with Crippen molar-refractivity contribution in [3.8, 4) is 34.0 Å². The zero-order valence-electron chi connectivity index (χ0n) is 20.9. The maximum absolute atomic E-state index is 12.6. The van der Waals surface area contributed by atoms with Crippen LogP contribution in [-0.2, 0) is 6.54 Å². The minimum absolute atomic E-state index is 0.00226. The second-order valence-corrected chi connectivity index (χ2v) is 8.60. The summed E-state index contributed by atoms with van der Waals surface area (Å²) in [5, 5.41) is 19.9. The van der Waals surface area contributed by atoms with Crippen molar-refractivity contribution in [1.82, 2.24) is 30.4 Å². The Balaban J connectivity index is 1.42. The van der Waals surface area contributed by atoms with E-state index in [2.05, 4.69) is 40.5 Å². The quantitative estimate of drug-likeness (QED) is 0.219. The van der Waals surface area contributed by atoms with E-state index >= 15 is 0 Å². The average molecular weight is 589 g/mol. The molecule has 0 saturated carbocycles. The zero-order valence-corrected chi connectivity index (χ0v) is 20.9. The summed E-state index contributed by atoms with van der Waals surface area (Å²) in [6, 6.07) is 18.4. The molecule has 0 unspecified atom stereocenters. The molecule has 16 heteroatoms. The van der Waals surface area contributed by atoms with Crippen LogP contribution in [0.25, 0.3) is 22.5 Å². The van der Waals surface area contributed by atoms with Crippen LogP contribution in [-0.4, -0.2) is 49.0 Å². The molecule has 0 aliphatic carbocycles. The summed E-state index contributed by atoms with van der Waals surface area (Å²) in [4.78, 5) is 12.4. The van der Waals surface area contributed by atoms with Crippen LogP contribution in [0.3, 0.4) is 0 Å². The third-order valence-corrected chi connectivity index (χ3v) is 5.67. The molecule has 0 spiro atoms. The summed E-state index contributed by atoms with van der Waals surface area (Å²) < 4.78 is 84.9. The Bertz CT molecular complexity index is 1650. The number of tetrazole rings is 1. The molecule has 0 saturated heterocycles. The fourth-order valence-electron chi connectivity index (χ4n) is 3.89. The molecule has 1 amide bonds. The van der Waals surface area contributed by atoms with Crippen molar-refractivity contribution >= 4 is 11.9 Å². The van der Waals surface area contributed by atoms with Gasteiger partial charge in [-0.1, -0.05) is 17.2 Å². The predicted molar refractivity (Wildman–Crippen MR) is 134 cm³/mol. The molecule has 10 nitrogen and oxygen atoms in total. The molecule has 2 aromatic heterocycles. The Morgan fingerprint density at radius 1 is 0.810 bits per heavy atom. The molecule has 5 rings (SSSR count). The molecule has 3 aromatic carbocycles. The summed E-state index contributed by atoms with van der Waals surface area (Å²) in [5.41, 5.74) is 2.87. The van der Waals surface area contributed by atoms with Crippen molar-refractivity contribution in [3.05, 3.63) is 90.0 Å². The monoisotopic (exact) mass is 589 g/mol. The zero-order chi connectivity index (χ0) is 29.9. The van der Waals surface area contributed by atoms with E-state index in [4.69, 9.17) is 0 Å². The number of nitrogens with one attached hydrogen (secondary N) is 2. The van der Waals surface area contributed by atoms with Gasteiger partial charge in [0.25, 0.3) is 11.9 Å². The first-order valence-corrected chi connectivity index (χ1v) is 11.9. The third-order valence-electron chi connectivity index (χ3n) is 5.67. The lowest BCUT2D eigenvalue weighted by Gasteiger charge is -2.11. The molecule has 0 fully saturated rings. The molecule has 0 aliphatic heterocycles. The fraction of sp³-hybridized carbons (Fsp3) is 0.115. The maximum atomic E-state index is 12.6. The van der Waals surface area contributed by atoms with E-state index in [1.54, 1.807) is 35.0 Å². The van der Waals surface area contributed by atoms with Gasteiger partial charge in [0.2, 0.25) is 0 Å². The van der Waals surface area contributed by atoms with Gasteiger partial charge in [-0.3, -0.25) is 14.8 Å². The number of anilines is 1. The number of carbonyl (C=O) groups is 1. The number of H-pyrrole nitrogens is 1. The highest BCUT2D eigenvalue weighted by molar-refractivity contribution is 6.03. The number of carbonyl (C=O) groups excluding carboxylic acids is 1. The van der Waals surface area contributed by atoms with E-state index in [0.29, 0.717) is 33.6 Å². The number of hydrogen-bond donors (Lipinski definition) is 2. The third kappa shape index (κ3) is 7.21. The van der Waals surface area contributed by atoms with Crippen molar-refractivity contribution in [2.75, 3.05) is 5.32 Å². The minimum atomic E-state index is -4.85. The van der Waals surface area contributed by atoms with Gasteiger partial charge in [-0.2, -0.15) is 10.3 Å². The molecular formula is C26H17F6N7O3. The molecular weight excluding hydrogens is 572 g/mol. The summed E-state index contributed by atoms with van der Waals surface area (Å²) >= 11 is 0. The SMILES string of the molecule is O=C(Nc1nn[nH]n1)c1ccc(Cn2nc(-c3ccc(OC(F)(F)F)cc3)cc2-c2ccc(OC(F)(F)F)cc2)cc1. The Labute approximate surface area is 231 Å². The molecule has 42 heavy (non-hydrogen) atoms. The number of hydrogen-bond acceptors (Lipinski definition) is 7. The number of aromatic nitrogens is 6. The molecule has 0 radical (unpaired) electrons. The van der Waals surface area contributed by atoms with Crippen LogP contribution in [0.2, 0.25) is 0 Å². The summed E-state index contributed by atoms with van der Waals surface area (Å²) in [5.74, 6) is -1.28. The van der Waals surface area contributed by atoms with Crippen molar-refractivity contribution in [3.63, 3.8) is 0 Å². The number of benzene rings is 3. The number of ether oxygens (including phenoxy) is 2. The van der Waals surface area contributed by atoms with Crippen molar-refractivity contribution in [2.24, 2.45) is 0 Å². The van der Waals surface area contributed by atoms with Crippen LogP contribution in [0.4, 0.5) is 32.3 Å². The van der Waals surface area contributed by atoms with E-state index < -0.39 is 30.1 Å². The largest absolute Gasteiger partial charge is 0.573 e. The Morgan fingerprint density at radius 3 is 1.90 bits per heavy atom.